The Balaban J connectivity index is 2.54. The van der Waals surface area contributed by atoms with Gasteiger partial charge >= 0.3 is 7.12 Å². The fraction of sp³-hybridized carbons (Fsp3) is 0.222. The smallest absolute Gasteiger partial charge is 0.423 e. The first-order chi connectivity index (χ1) is 7.09. The number of carbonyl (C=O) groups is 1. The second-order valence-corrected chi connectivity index (χ2v) is 3.82. The number of fused-ring (bicyclic) bond motifs is 1. The zero-order valence-corrected chi connectivity index (χ0v) is 8.58. The number of carbonyl (C=O) groups excluding carboxylic acids is 1. The highest BCUT2D eigenvalue weighted by molar-refractivity contribution is 6.62. The van der Waals surface area contributed by atoms with Gasteiger partial charge in [0.05, 0.1) is 0 Å². The van der Waals surface area contributed by atoms with Gasteiger partial charge < -0.3 is 15.4 Å². The molecule has 0 radical (unpaired) electrons. The van der Waals surface area contributed by atoms with Crippen molar-refractivity contribution in [3.8, 4) is 0 Å². The Hall–Kier alpha value is -1.04. The predicted octanol–water partition coefficient (Wildman–Crippen LogP) is -0.694. The van der Waals surface area contributed by atoms with Gasteiger partial charge in [-0.1, -0.05) is 17.7 Å². The molecule has 0 saturated carbocycles. The number of nitrogens with one attached hydrogen (secondary N) is 1. The van der Waals surface area contributed by atoms with Crippen molar-refractivity contribution in [2.45, 2.75) is 6.42 Å². The highest BCUT2D eigenvalue weighted by atomic mass is 35.5. The molecule has 0 spiro atoms. The van der Waals surface area contributed by atoms with E-state index in [0.29, 0.717) is 18.5 Å². The number of rotatable bonds is 1. The molecule has 15 heavy (non-hydrogen) atoms. The SMILES string of the molecule is O=C1NCCc2cc(B(O)O)c(Cl)cc21. The Morgan fingerprint density at radius 3 is 2.80 bits per heavy atom. The first-order valence-corrected chi connectivity index (χ1v) is 4.94. The van der Waals surface area contributed by atoms with Crippen LogP contribution in [0.5, 0.6) is 0 Å². The Kier molecular flexibility index (Phi) is 2.69. The number of amides is 1. The van der Waals surface area contributed by atoms with E-state index in [1.54, 1.807) is 6.07 Å². The lowest BCUT2D eigenvalue weighted by atomic mass is 9.78. The van der Waals surface area contributed by atoms with Gasteiger partial charge in [0.15, 0.2) is 0 Å². The summed E-state index contributed by atoms with van der Waals surface area (Å²) in [7, 11) is -1.60. The van der Waals surface area contributed by atoms with Crippen LogP contribution in [0.2, 0.25) is 5.02 Å². The van der Waals surface area contributed by atoms with Crippen molar-refractivity contribution in [1.29, 1.82) is 0 Å². The summed E-state index contributed by atoms with van der Waals surface area (Å²) in [6, 6.07) is 3.04. The van der Waals surface area contributed by atoms with E-state index in [0.717, 1.165) is 5.56 Å². The highest BCUT2D eigenvalue weighted by Crippen LogP contribution is 2.17. The van der Waals surface area contributed by atoms with Gasteiger partial charge in [-0.3, -0.25) is 4.79 Å². The molecular weight excluding hydrogens is 216 g/mol. The minimum absolute atomic E-state index is 0.169. The minimum atomic E-state index is -1.60. The van der Waals surface area contributed by atoms with Crippen LogP contribution in [-0.4, -0.2) is 29.6 Å². The molecule has 2 rings (SSSR count). The van der Waals surface area contributed by atoms with Crippen molar-refractivity contribution >= 4 is 30.1 Å². The predicted molar refractivity (Wildman–Crippen MR) is 57.3 cm³/mol. The number of benzene rings is 1. The van der Waals surface area contributed by atoms with E-state index < -0.39 is 7.12 Å². The molecule has 0 unspecified atom stereocenters. The largest absolute Gasteiger partial charge is 0.489 e. The van der Waals surface area contributed by atoms with Crippen molar-refractivity contribution in [2.24, 2.45) is 0 Å². The first-order valence-electron chi connectivity index (χ1n) is 4.56. The van der Waals surface area contributed by atoms with Crippen LogP contribution in [0.4, 0.5) is 0 Å². The summed E-state index contributed by atoms with van der Waals surface area (Å²) in [5.74, 6) is -0.169. The summed E-state index contributed by atoms with van der Waals surface area (Å²) >= 11 is 5.82. The van der Waals surface area contributed by atoms with E-state index in [4.69, 9.17) is 21.6 Å². The molecule has 78 valence electrons. The van der Waals surface area contributed by atoms with E-state index in [1.807, 2.05) is 0 Å². The van der Waals surface area contributed by atoms with Gasteiger partial charge in [0, 0.05) is 22.6 Å². The third-order valence-corrected chi connectivity index (χ3v) is 2.75. The van der Waals surface area contributed by atoms with Gasteiger partial charge in [-0.15, -0.1) is 0 Å². The summed E-state index contributed by atoms with van der Waals surface area (Å²) in [5.41, 5.74) is 1.55. The molecule has 6 heteroatoms. The topological polar surface area (TPSA) is 69.6 Å². The van der Waals surface area contributed by atoms with Crippen molar-refractivity contribution in [3.05, 3.63) is 28.3 Å². The van der Waals surface area contributed by atoms with Crippen LogP contribution in [0.15, 0.2) is 12.1 Å². The fourth-order valence-electron chi connectivity index (χ4n) is 1.66. The lowest BCUT2D eigenvalue weighted by molar-refractivity contribution is 0.0946. The molecule has 0 bridgehead atoms. The van der Waals surface area contributed by atoms with Crippen LogP contribution < -0.4 is 10.8 Å². The molecule has 1 aliphatic rings. The Morgan fingerprint density at radius 2 is 2.13 bits per heavy atom. The van der Waals surface area contributed by atoms with Gasteiger partial charge in [-0.05, 0) is 18.1 Å². The maximum absolute atomic E-state index is 11.4. The van der Waals surface area contributed by atoms with Crippen LogP contribution in [0, 0.1) is 0 Å². The monoisotopic (exact) mass is 225 g/mol. The zero-order valence-electron chi connectivity index (χ0n) is 7.83. The van der Waals surface area contributed by atoms with Crippen molar-refractivity contribution in [2.75, 3.05) is 6.54 Å². The van der Waals surface area contributed by atoms with Crippen LogP contribution in [0.1, 0.15) is 15.9 Å². The van der Waals surface area contributed by atoms with Crippen molar-refractivity contribution < 1.29 is 14.8 Å². The number of hydrogen-bond donors (Lipinski definition) is 3. The maximum atomic E-state index is 11.4. The number of halogens is 1. The first kappa shape index (κ1) is 10.5. The van der Waals surface area contributed by atoms with Gasteiger partial charge in [-0.2, -0.15) is 0 Å². The summed E-state index contributed by atoms with van der Waals surface area (Å²) in [5, 5.41) is 21.0. The van der Waals surface area contributed by atoms with E-state index >= 15 is 0 Å². The Morgan fingerprint density at radius 1 is 1.40 bits per heavy atom. The molecule has 4 nitrogen and oxygen atoms in total. The molecule has 3 N–H and O–H groups in total. The third kappa shape index (κ3) is 1.86. The van der Waals surface area contributed by atoms with Crippen LogP contribution in [0.25, 0.3) is 0 Å². The summed E-state index contributed by atoms with van der Waals surface area (Å²) in [4.78, 5) is 11.4. The second kappa shape index (κ2) is 3.85. The minimum Gasteiger partial charge on any atom is -0.423 e. The zero-order chi connectivity index (χ0) is 11.0. The van der Waals surface area contributed by atoms with Gasteiger partial charge in [0.2, 0.25) is 0 Å². The van der Waals surface area contributed by atoms with E-state index in [-0.39, 0.29) is 16.4 Å². The average Bonchev–Trinajstić information content (AvgIpc) is 2.18. The van der Waals surface area contributed by atoms with E-state index in [1.165, 1.54) is 6.07 Å². The molecule has 1 aromatic carbocycles. The molecule has 0 aromatic heterocycles. The normalized spacial score (nSPS) is 14.5. The summed E-state index contributed by atoms with van der Waals surface area (Å²) in [6.07, 6.45) is 0.679. The molecule has 0 aliphatic carbocycles. The fourth-order valence-corrected chi connectivity index (χ4v) is 1.92. The molecule has 1 heterocycles. The standard InChI is InChI=1S/C9H9BClNO3/c11-8-4-6-5(1-2-12-9(6)13)3-7(8)10(14)15/h3-4,14-15H,1-2H2,(H,12,13). The highest BCUT2D eigenvalue weighted by Gasteiger charge is 2.22. The molecule has 0 fully saturated rings. The Bertz CT molecular complexity index is 422. The molecular formula is C9H9BClNO3. The Labute approximate surface area is 92.0 Å². The van der Waals surface area contributed by atoms with Gasteiger partial charge in [-0.25, -0.2) is 0 Å². The van der Waals surface area contributed by atoms with Gasteiger partial charge in [0.1, 0.15) is 0 Å². The molecule has 0 atom stereocenters. The summed E-state index contributed by atoms with van der Waals surface area (Å²) in [6.45, 7) is 0.564. The number of hydrogen-bond acceptors (Lipinski definition) is 3. The molecule has 1 aliphatic heterocycles. The quantitative estimate of drug-likeness (QED) is 0.554. The summed E-state index contributed by atoms with van der Waals surface area (Å²) < 4.78 is 0. The molecule has 1 aromatic rings. The van der Waals surface area contributed by atoms with Crippen molar-refractivity contribution in [1.82, 2.24) is 5.32 Å². The lowest BCUT2D eigenvalue weighted by Gasteiger charge is -2.18. The van der Waals surface area contributed by atoms with Crippen molar-refractivity contribution in [3.63, 3.8) is 0 Å². The van der Waals surface area contributed by atoms with Crippen LogP contribution >= 0.6 is 11.6 Å². The molecule has 1 amide bonds. The van der Waals surface area contributed by atoms with Crippen LogP contribution in [0.3, 0.4) is 0 Å². The second-order valence-electron chi connectivity index (χ2n) is 3.41. The van der Waals surface area contributed by atoms with E-state index in [9.17, 15) is 4.79 Å². The van der Waals surface area contributed by atoms with Crippen LogP contribution in [-0.2, 0) is 6.42 Å². The third-order valence-electron chi connectivity index (χ3n) is 2.43. The van der Waals surface area contributed by atoms with E-state index in [2.05, 4.69) is 5.32 Å². The van der Waals surface area contributed by atoms with Gasteiger partial charge in [0.25, 0.3) is 5.91 Å². The lowest BCUT2D eigenvalue weighted by Crippen LogP contribution is -2.36. The average molecular weight is 225 g/mol. The maximum Gasteiger partial charge on any atom is 0.489 e. The molecule has 0 saturated heterocycles.